The number of thioether (sulfide) groups is 1. The van der Waals surface area contributed by atoms with Crippen LogP contribution in [0, 0.1) is 0 Å². The van der Waals surface area contributed by atoms with Crippen LogP contribution >= 0.6 is 11.8 Å². The average Bonchev–Trinajstić information content (AvgIpc) is 2.44. The lowest BCUT2D eigenvalue weighted by Gasteiger charge is -2.08. The quantitative estimate of drug-likeness (QED) is 0.581. The van der Waals surface area contributed by atoms with E-state index in [0.29, 0.717) is 0 Å². The van der Waals surface area contributed by atoms with Gasteiger partial charge in [-0.25, -0.2) is 9.97 Å². The van der Waals surface area contributed by atoms with E-state index in [0.717, 1.165) is 23.9 Å². The number of rotatable bonds is 4. The number of carbonyl (C=O) groups is 1. The number of amides is 1. The van der Waals surface area contributed by atoms with E-state index in [1.807, 2.05) is 0 Å². The number of carbonyl (C=O) groups excluding carboxylic acids is 1. The second kappa shape index (κ2) is 6.73. The number of nitrogens with one attached hydrogen (secondary N) is 1. The number of anilines is 3. The smallest absolute Gasteiger partial charge is 0.383 e. The molecular formula is C13H12F3N5OS. The summed E-state index contributed by atoms with van der Waals surface area (Å²) in [5, 5.41) is 2.72. The Hall–Kier alpha value is -2.49. The molecule has 0 atom stereocenters. The van der Waals surface area contributed by atoms with Crippen LogP contribution in [0.15, 0.2) is 35.5 Å². The fraction of sp³-hybridized carbons (Fsp3) is 0.154. The summed E-state index contributed by atoms with van der Waals surface area (Å²) in [6.07, 6.45) is -4.41. The normalized spacial score (nSPS) is 11.3. The molecule has 0 fully saturated rings. The number of halogens is 3. The molecule has 0 spiro atoms. The van der Waals surface area contributed by atoms with Gasteiger partial charge in [-0.3, -0.25) is 4.79 Å². The number of aromatic nitrogens is 2. The van der Waals surface area contributed by atoms with Crippen molar-refractivity contribution in [3.63, 3.8) is 0 Å². The van der Waals surface area contributed by atoms with E-state index in [1.54, 1.807) is 0 Å². The number of nitrogen functional groups attached to an aromatic ring is 2. The first-order valence-corrected chi connectivity index (χ1v) is 7.22. The Kier molecular flexibility index (Phi) is 4.94. The van der Waals surface area contributed by atoms with Gasteiger partial charge in [0.15, 0.2) is 5.16 Å². The minimum atomic E-state index is -4.41. The lowest BCUT2D eigenvalue weighted by atomic mass is 10.2. The van der Waals surface area contributed by atoms with Gasteiger partial charge in [-0.2, -0.15) is 13.2 Å². The maximum absolute atomic E-state index is 12.4. The molecule has 1 amide bonds. The molecule has 1 heterocycles. The number of nitrogens with zero attached hydrogens (tertiary/aromatic N) is 2. The highest BCUT2D eigenvalue weighted by Crippen LogP contribution is 2.29. The molecule has 5 N–H and O–H groups in total. The monoisotopic (exact) mass is 343 g/mol. The predicted octanol–water partition coefficient (Wildman–Crippen LogP) is 2.39. The van der Waals surface area contributed by atoms with Crippen LogP contribution in [0.25, 0.3) is 0 Å². The van der Waals surface area contributed by atoms with Gasteiger partial charge in [0.1, 0.15) is 11.6 Å². The SMILES string of the molecule is Nc1cc(N)nc(SCC(=O)Nc2ccc(C(F)(F)F)cc2)n1. The van der Waals surface area contributed by atoms with E-state index in [9.17, 15) is 18.0 Å². The zero-order valence-corrected chi connectivity index (χ0v) is 12.4. The van der Waals surface area contributed by atoms with E-state index in [4.69, 9.17) is 11.5 Å². The fourth-order valence-corrected chi connectivity index (χ4v) is 2.27. The molecule has 2 aromatic rings. The first kappa shape index (κ1) is 16.9. The molecule has 1 aromatic carbocycles. The molecule has 2 rings (SSSR count). The fourth-order valence-electron chi connectivity index (χ4n) is 1.60. The van der Waals surface area contributed by atoms with Crippen LogP contribution in [0.1, 0.15) is 5.56 Å². The topological polar surface area (TPSA) is 107 Å². The van der Waals surface area contributed by atoms with Crippen molar-refractivity contribution in [3.05, 3.63) is 35.9 Å². The lowest BCUT2D eigenvalue weighted by Crippen LogP contribution is -2.15. The van der Waals surface area contributed by atoms with Crippen molar-refractivity contribution >= 4 is 35.0 Å². The van der Waals surface area contributed by atoms with Crippen LogP contribution in [0.2, 0.25) is 0 Å². The summed E-state index contributed by atoms with van der Waals surface area (Å²) in [7, 11) is 0. The Balaban J connectivity index is 1.92. The predicted molar refractivity (Wildman–Crippen MR) is 81.7 cm³/mol. The molecule has 6 nitrogen and oxygen atoms in total. The zero-order chi connectivity index (χ0) is 17.0. The summed E-state index contributed by atoms with van der Waals surface area (Å²) in [5.74, 6) is -0.0881. The summed E-state index contributed by atoms with van der Waals surface area (Å²) in [6, 6.07) is 5.53. The first-order chi connectivity index (χ1) is 10.7. The molecule has 0 unspecified atom stereocenters. The summed E-state index contributed by atoms with van der Waals surface area (Å²) < 4.78 is 37.3. The van der Waals surface area contributed by atoms with Crippen LogP contribution in [0.4, 0.5) is 30.5 Å². The minimum absolute atomic E-state index is 0.0378. The third-order valence-corrected chi connectivity index (χ3v) is 3.42. The van der Waals surface area contributed by atoms with Crippen LogP contribution in [-0.2, 0) is 11.0 Å². The maximum atomic E-state index is 12.4. The van der Waals surface area contributed by atoms with Crippen LogP contribution in [0.5, 0.6) is 0 Å². The summed E-state index contributed by atoms with van der Waals surface area (Å²) in [4.78, 5) is 19.6. The first-order valence-electron chi connectivity index (χ1n) is 6.24. The molecule has 0 radical (unpaired) electrons. The molecule has 10 heteroatoms. The lowest BCUT2D eigenvalue weighted by molar-refractivity contribution is -0.137. The Labute approximate surface area is 133 Å². The molecule has 0 bridgehead atoms. The van der Waals surface area contributed by atoms with Gasteiger partial charge in [0, 0.05) is 11.8 Å². The summed E-state index contributed by atoms with van der Waals surface area (Å²) in [5.41, 5.74) is 10.5. The molecule has 0 aliphatic rings. The molecule has 0 saturated carbocycles. The molecule has 0 aliphatic heterocycles. The second-order valence-corrected chi connectivity index (χ2v) is 5.35. The van der Waals surface area contributed by atoms with Crippen LogP contribution in [-0.4, -0.2) is 21.6 Å². The zero-order valence-electron chi connectivity index (χ0n) is 11.6. The van der Waals surface area contributed by atoms with E-state index in [1.165, 1.54) is 18.2 Å². The van der Waals surface area contributed by atoms with Gasteiger partial charge < -0.3 is 16.8 Å². The van der Waals surface area contributed by atoms with Gasteiger partial charge in [0.2, 0.25) is 5.91 Å². The highest BCUT2D eigenvalue weighted by molar-refractivity contribution is 7.99. The van der Waals surface area contributed by atoms with Crippen LogP contribution in [0.3, 0.4) is 0 Å². The average molecular weight is 343 g/mol. The Morgan fingerprint density at radius 2 is 1.70 bits per heavy atom. The minimum Gasteiger partial charge on any atom is -0.383 e. The van der Waals surface area contributed by atoms with Gasteiger partial charge in [0.25, 0.3) is 0 Å². The third-order valence-electron chi connectivity index (χ3n) is 2.57. The number of nitrogens with two attached hydrogens (primary N) is 2. The highest BCUT2D eigenvalue weighted by atomic mass is 32.2. The number of hydrogen-bond acceptors (Lipinski definition) is 6. The van der Waals surface area contributed by atoms with Crippen molar-refractivity contribution in [1.29, 1.82) is 0 Å². The Bertz CT molecular complexity index is 685. The Morgan fingerprint density at radius 1 is 1.13 bits per heavy atom. The summed E-state index contributed by atoms with van der Waals surface area (Å²) >= 11 is 1.01. The van der Waals surface area contributed by atoms with E-state index in [2.05, 4.69) is 15.3 Å². The summed E-state index contributed by atoms with van der Waals surface area (Å²) in [6.45, 7) is 0. The largest absolute Gasteiger partial charge is 0.416 e. The van der Waals surface area contributed by atoms with E-state index in [-0.39, 0.29) is 28.2 Å². The number of benzene rings is 1. The van der Waals surface area contributed by atoms with Crippen LogP contribution < -0.4 is 16.8 Å². The standard InChI is InChI=1S/C13H12F3N5OS/c14-13(15,16)7-1-3-8(4-2-7)19-11(22)6-23-12-20-9(17)5-10(18)21-12/h1-5H,6H2,(H,19,22)(H4,17,18,20,21). The number of hydrogen-bond donors (Lipinski definition) is 3. The molecule has 1 aromatic heterocycles. The number of alkyl halides is 3. The van der Waals surface area contributed by atoms with E-state index >= 15 is 0 Å². The van der Waals surface area contributed by atoms with Crippen molar-refractivity contribution < 1.29 is 18.0 Å². The van der Waals surface area contributed by atoms with Gasteiger partial charge in [-0.05, 0) is 24.3 Å². The third kappa shape index (κ3) is 5.02. The molecule has 0 aliphatic carbocycles. The van der Waals surface area contributed by atoms with Crippen molar-refractivity contribution in [1.82, 2.24) is 9.97 Å². The van der Waals surface area contributed by atoms with Crippen molar-refractivity contribution in [2.45, 2.75) is 11.3 Å². The van der Waals surface area contributed by atoms with Crippen molar-refractivity contribution in [2.75, 3.05) is 22.5 Å². The molecule has 122 valence electrons. The Morgan fingerprint density at radius 3 is 2.22 bits per heavy atom. The van der Waals surface area contributed by atoms with Crippen molar-refractivity contribution in [2.24, 2.45) is 0 Å². The molecule has 23 heavy (non-hydrogen) atoms. The van der Waals surface area contributed by atoms with E-state index < -0.39 is 17.6 Å². The van der Waals surface area contributed by atoms with Crippen molar-refractivity contribution in [3.8, 4) is 0 Å². The van der Waals surface area contributed by atoms with Gasteiger partial charge in [-0.15, -0.1) is 0 Å². The maximum Gasteiger partial charge on any atom is 0.416 e. The van der Waals surface area contributed by atoms with Gasteiger partial charge in [-0.1, -0.05) is 11.8 Å². The van der Waals surface area contributed by atoms with Gasteiger partial charge in [0.05, 0.1) is 11.3 Å². The van der Waals surface area contributed by atoms with Gasteiger partial charge >= 0.3 is 6.18 Å². The molecule has 0 saturated heterocycles. The highest BCUT2D eigenvalue weighted by Gasteiger charge is 2.29. The second-order valence-electron chi connectivity index (χ2n) is 4.41. The molecular weight excluding hydrogens is 331 g/mol.